The van der Waals surface area contributed by atoms with Crippen LogP contribution in [0.4, 0.5) is 29.1 Å². The maximum Gasteiger partial charge on any atom is 0.231 e. The Hall–Kier alpha value is -3.36. The van der Waals surface area contributed by atoms with Gasteiger partial charge in [0.05, 0.1) is 13.2 Å². The number of imidazole rings is 1. The molecule has 0 atom stereocenters. The molecule has 3 N–H and O–H groups in total. The minimum absolute atomic E-state index is 0.502. The number of morpholine rings is 1. The van der Waals surface area contributed by atoms with E-state index in [1.807, 2.05) is 48.5 Å². The molecule has 0 amide bonds. The zero-order valence-electron chi connectivity index (χ0n) is 17.0. The van der Waals surface area contributed by atoms with Crippen molar-refractivity contribution in [1.82, 2.24) is 19.9 Å². The maximum atomic E-state index is 5.99. The van der Waals surface area contributed by atoms with E-state index in [4.69, 9.17) is 21.3 Å². The molecule has 9 heteroatoms. The number of nitrogens with zero attached hydrogens (tertiary/aromatic N) is 4. The van der Waals surface area contributed by atoms with Crippen molar-refractivity contribution in [3.05, 3.63) is 59.1 Å². The summed E-state index contributed by atoms with van der Waals surface area (Å²) < 4.78 is 5.51. The first-order valence-electron chi connectivity index (χ1n) is 10.1. The predicted octanol–water partition coefficient (Wildman–Crippen LogP) is 4.64. The zero-order valence-corrected chi connectivity index (χ0v) is 17.8. The Morgan fingerprint density at radius 2 is 1.58 bits per heavy atom. The molecule has 3 heterocycles. The van der Waals surface area contributed by atoms with Gasteiger partial charge in [-0.2, -0.15) is 15.0 Å². The van der Waals surface area contributed by atoms with E-state index >= 15 is 0 Å². The van der Waals surface area contributed by atoms with E-state index < -0.39 is 0 Å². The summed E-state index contributed by atoms with van der Waals surface area (Å²) in [6.45, 7) is 4.90. The number of benzene rings is 2. The van der Waals surface area contributed by atoms with Gasteiger partial charge in [0.2, 0.25) is 11.9 Å². The second-order valence-electron chi connectivity index (χ2n) is 7.38. The second kappa shape index (κ2) is 8.41. The third-order valence-corrected chi connectivity index (χ3v) is 5.31. The van der Waals surface area contributed by atoms with Crippen molar-refractivity contribution in [3.63, 3.8) is 0 Å². The molecular weight excluding hydrogens is 414 g/mol. The fourth-order valence-corrected chi connectivity index (χ4v) is 3.56. The number of fused-ring (bicyclic) bond motifs is 1. The Labute approximate surface area is 184 Å². The Balaban J connectivity index is 1.52. The van der Waals surface area contributed by atoms with Crippen LogP contribution in [0.5, 0.6) is 0 Å². The Bertz CT molecular complexity index is 1190. The van der Waals surface area contributed by atoms with E-state index in [1.54, 1.807) is 0 Å². The number of hydrogen-bond donors (Lipinski definition) is 3. The minimum Gasteiger partial charge on any atom is -0.378 e. The zero-order chi connectivity index (χ0) is 21.2. The fourth-order valence-electron chi connectivity index (χ4n) is 3.44. The number of halogens is 1. The van der Waals surface area contributed by atoms with Crippen LogP contribution in [0.15, 0.2) is 48.5 Å². The second-order valence-corrected chi connectivity index (χ2v) is 7.81. The normalized spacial score (nSPS) is 14.1. The summed E-state index contributed by atoms with van der Waals surface area (Å²) in [5.74, 6) is 1.90. The highest BCUT2D eigenvalue weighted by Gasteiger charge is 2.20. The monoisotopic (exact) mass is 435 g/mol. The molecule has 0 spiro atoms. The summed E-state index contributed by atoms with van der Waals surface area (Å²) in [6, 6.07) is 15.6. The lowest BCUT2D eigenvalue weighted by Crippen LogP contribution is -2.37. The number of H-pyrrole nitrogens is 1. The van der Waals surface area contributed by atoms with Gasteiger partial charge in [-0.3, -0.25) is 0 Å². The first-order valence-corrected chi connectivity index (χ1v) is 10.5. The number of aryl methyl sites for hydroxylation is 1. The summed E-state index contributed by atoms with van der Waals surface area (Å²) in [5, 5.41) is 7.25. The number of aromatic nitrogens is 4. The Morgan fingerprint density at radius 3 is 2.32 bits per heavy atom. The van der Waals surface area contributed by atoms with Crippen molar-refractivity contribution < 1.29 is 4.74 Å². The van der Waals surface area contributed by atoms with Gasteiger partial charge in [-0.25, -0.2) is 0 Å². The van der Waals surface area contributed by atoms with E-state index in [0.717, 1.165) is 35.8 Å². The third-order valence-electron chi connectivity index (χ3n) is 5.06. The number of nitrogens with one attached hydrogen (secondary N) is 3. The first-order chi connectivity index (χ1) is 15.1. The Morgan fingerprint density at radius 1 is 0.903 bits per heavy atom. The topological polar surface area (TPSA) is 91.0 Å². The van der Waals surface area contributed by atoms with Gasteiger partial charge in [-0.05, 0) is 43.3 Å². The molecule has 0 unspecified atom stereocenters. The van der Waals surface area contributed by atoms with Crippen LogP contribution in [0.2, 0.25) is 5.02 Å². The summed E-state index contributed by atoms with van der Waals surface area (Å²) >= 11 is 5.99. The van der Waals surface area contributed by atoms with Crippen molar-refractivity contribution in [2.75, 3.05) is 41.8 Å². The predicted molar refractivity (Wildman–Crippen MR) is 124 cm³/mol. The lowest BCUT2D eigenvalue weighted by molar-refractivity contribution is 0.122. The molecule has 31 heavy (non-hydrogen) atoms. The first kappa shape index (κ1) is 19.6. The SMILES string of the molecule is Cc1ccc(Nc2nc(N3CCOCC3)c3[nH]c(Nc4ccc(Cl)cc4)nc3n2)cc1. The van der Waals surface area contributed by atoms with E-state index in [0.29, 0.717) is 35.8 Å². The molecule has 1 aliphatic rings. The quantitative estimate of drug-likeness (QED) is 0.420. The van der Waals surface area contributed by atoms with Crippen molar-refractivity contribution in [2.45, 2.75) is 6.92 Å². The van der Waals surface area contributed by atoms with Crippen molar-refractivity contribution in [1.29, 1.82) is 0 Å². The van der Waals surface area contributed by atoms with Gasteiger partial charge >= 0.3 is 0 Å². The summed E-state index contributed by atoms with van der Waals surface area (Å²) in [6.07, 6.45) is 0. The molecule has 0 radical (unpaired) electrons. The summed E-state index contributed by atoms with van der Waals surface area (Å²) in [5.41, 5.74) is 4.37. The van der Waals surface area contributed by atoms with Gasteiger partial charge in [-0.1, -0.05) is 29.3 Å². The molecule has 8 nitrogen and oxygen atoms in total. The molecule has 0 aliphatic carbocycles. The fraction of sp³-hybridized carbons (Fsp3) is 0.227. The van der Waals surface area contributed by atoms with Crippen LogP contribution in [0.1, 0.15) is 5.56 Å². The highest BCUT2D eigenvalue weighted by molar-refractivity contribution is 6.30. The molecule has 1 aliphatic heterocycles. The maximum absolute atomic E-state index is 5.99. The molecule has 0 saturated carbocycles. The highest BCUT2D eigenvalue weighted by Crippen LogP contribution is 2.28. The molecule has 1 fully saturated rings. The van der Waals surface area contributed by atoms with Gasteiger partial charge in [-0.15, -0.1) is 0 Å². The van der Waals surface area contributed by atoms with Crippen molar-refractivity contribution in [2.24, 2.45) is 0 Å². The van der Waals surface area contributed by atoms with Crippen LogP contribution < -0.4 is 15.5 Å². The summed E-state index contributed by atoms with van der Waals surface area (Å²) in [7, 11) is 0. The highest BCUT2D eigenvalue weighted by atomic mass is 35.5. The lowest BCUT2D eigenvalue weighted by atomic mass is 10.2. The number of rotatable bonds is 5. The smallest absolute Gasteiger partial charge is 0.231 e. The minimum atomic E-state index is 0.502. The van der Waals surface area contributed by atoms with E-state index in [9.17, 15) is 0 Å². The molecule has 1 saturated heterocycles. The van der Waals surface area contributed by atoms with Crippen LogP contribution in [0, 0.1) is 6.92 Å². The largest absolute Gasteiger partial charge is 0.378 e. The van der Waals surface area contributed by atoms with E-state index in [2.05, 4.69) is 37.4 Å². The standard InChI is InChI=1S/C22H22ClN7O/c1-14-2-6-16(7-3-14)25-22-28-19-18(20(29-22)30-10-12-31-13-11-30)26-21(27-19)24-17-8-4-15(23)5-9-17/h2-9H,10-13H2,1H3,(H3,24,25,26,27,28,29). The van der Waals surface area contributed by atoms with Gasteiger partial charge < -0.3 is 25.3 Å². The lowest BCUT2D eigenvalue weighted by Gasteiger charge is -2.28. The summed E-state index contributed by atoms with van der Waals surface area (Å²) in [4.78, 5) is 19.6. The number of aromatic amines is 1. The Kier molecular flexibility index (Phi) is 5.31. The van der Waals surface area contributed by atoms with Crippen molar-refractivity contribution >= 4 is 51.9 Å². The van der Waals surface area contributed by atoms with Gasteiger partial charge in [0.25, 0.3) is 0 Å². The van der Waals surface area contributed by atoms with Crippen LogP contribution in [-0.4, -0.2) is 46.2 Å². The molecule has 4 aromatic rings. The van der Waals surface area contributed by atoms with Crippen LogP contribution in [-0.2, 0) is 4.74 Å². The number of hydrogen-bond acceptors (Lipinski definition) is 7. The van der Waals surface area contributed by atoms with Crippen molar-refractivity contribution in [3.8, 4) is 0 Å². The average molecular weight is 436 g/mol. The number of ether oxygens (including phenoxy) is 1. The molecule has 5 rings (SSSR count). The molecule has 2 aromatic heterocycles. The van der Waals surface area contributed by atoms with Crippen LogP contribution in [0.3, 0.4) is 0 Å². The van der Waals surface area contributed by atoms with Gasteiger partial charge in [0.1, 0.15) is 5.52 Å². The van der Waals surface area contributed by atoms with E-state index in [-0.39, 0.29) is 0 Å². The molecule has 158 valence electrons. The number of anilines is 5. The van der Waals surface area contributed by atoms with Gasteiger partial charge in [0, 0.05) is 29.5 Å². The molecule has 2 aromatic carbocycles. The van der Waals surface area contributed by atoms with E-state index in [1.165, 1.54) is 5.56 Å². The van der Waals surface area contributed by atoms with Gasteiger partial charge in [0.15, 0.2) is 11.5 Å². The van der Waals surface area contributed by atoms with Crippen LogP contribution >= 0.6 is 11.6 Å². The van der Waals surface area contributed by atoms with Crippen LogP contribution in [0.25, 0.3) is 11.2 Å². The average Bonchev–Trinajstić information content (AvgIpc) is 3.19. The third kappa shape index (κ3) is 4.40. The molecular formula is C22H22ClN7O. The molecule has 0 bridgehead atoms.